The third kappa shape index (κ3) is 2.34. The number of nitrogens with zero attached hydrogens (tertiary/aromatic N) is 2. The topological polar surface area (TPSA) is 84.1 Å². The number of nitrogen functional groups attached to an aromatic ring is 1. The molecule has 2 aliphatic rings. The lowest BCUT2D eigenvalue weighted by Crippen LogP contribution is -2.43. The Balaban J connectivity index is 1.69. The van der Waals surface area contributed by atoms with Gasteiger partial charge in [0.05, 0.1) is 5.60 Å². The van der Waals surface area contributed by atoms with E-state index < -0.39 is 5.60 Å². The molecule has 0 unspecified atom stereocenters. The molecule has 0 radical (unpaired) electrons. The van der Waals surface area contributed by atoms with Gasteiger partial charge in [0.15, 0.2) is 0 Å². The van der Waals surface area contributed by atoms with Crippen molar-refractivity contribution in [3.8, 4) is 0 Å². The lowest BCUT2D eigenvalue weighted by atomic mass is 9.80. The summed E-state index contributed by atoms with van der Waals surface area (Å²) in [5, 5.41) is 13.2. The average Bonchev–Trinajstić information content (AvgIpc) is 3.06. The van der Waals surface area contributed by atoms with Crippen LogP contribution in [0, 0.1) is 0 Å². The van der Waals surface area contributed by atoms with Gasteiger partial charge < -0.3 is 16.2 Å². The van der Waals surface area contributed by atoms with Gasteiger partial charge in [0, 0.05) is 18.5 Å². The fourth-order valence-electron chi connectivity index (χ4n) is 2.12. The summed E-state index contributed by atoms with van der Waals surface area (Å²) in [5.41, 5.74) is 5.21. The molecule has 92 valence electrons. The molecule has 0 aromatic carbocycles. The zero-order valence-electron chi connectivity index (χ0n) is 9.82. The van der Waals surface area contributed by atoms with Crippen LogP contribution in [-0.2, 0) is 0 Å². The molecule has 3 rings (SSSR count). The van der Waals surface area contributed by atoms with Crippen LogP contribution in [0.2, 0.25) is 0 Å². The van der Waals surface area contributed by atoms with Crippen LogP contribution in [0.15, 0.2) is 6.07 Å². The van der Waals surface area contributed by atoms with Gasteiger partial charge in [-0.15, -0.1) is 0 Å². The first-order valence-corrected chi connectivity index (χ1v) is 6.25. The Hall–Kier alpha value is -1.36. The fraction of sp³-hybridized carbons (Fsp3) is 0.667. The Labute approximate surface area is 100 Å². The second-order valence-electron chi connectivity index (χ2n) is 5.24. The van der Waals surface area contributed by atoms with Crippen LogP contribution in [0.3, 0.4) is 0 Å². The number of rotatable bonds is 4. The minimum Gasteiger partial charge on any atom is -0.388 e. The van der Waals surface area contributed by atoms with Crippen molar-refractivity contribution in [1.82, 2.24) is 9.97 Å². The SMILES string of the molecule is Nc1cc(NCC2(O)CCC2)nc(C2CC2)n1. The molecular formula is C12H18N4O. The standard InChI is InChI=1S/C12H18N4O/c13-9-6-10(14-7-12(17)4-1-5-12)16-11(15-9)8-2-3-8/h6,8,17H,1-5,7H2,(H3,13,14,15,16). The number of hydrogen-bond acceptors (Lipinski definition) is 5. The lowest BCUT2D eigenvalue weighted by Gasteiger charge is -2.36. The molecule has 0 atom stereocenters. The summed E-state index contributed by atoms with van der Waals surface area (Å²) in [6, 6.07) is 1.73. The van der Waals surface area contributed by atoms with Crippen LogP contribution in [0.1, 0.15) is 43.8 Å². The highest BCUT2D eigenvalue weighted by Crippen LogP contribution is 2.38. The first-order chi connectivity index (χ1) is 8.15. The molecule has 0 bridgehead atoms. The minimum atomic E-state index is -0.542. The minimum absolute atomic E-state index is 0.492. The number of nitrogens with one attached hydrogen (secondary N) is 1. The molecule has 5 heteroatoms. The van der Waals surface area contributed by atoms with Gasteiger partial charge in [0.1, 0.15) is 17.5 Å². The molecule has 0 aliphatic heterocycles. The van der Waals surface area contributed by atoms with E-state index in [0.717, 1.165) is 43.7 Å². The smallest absolute Gasteiger partial charge is 0.136 e. The van der Waals surface area contributed by atoms with Gasteiger partial charge in [-0.25, -0.2) is 9.97 Å². The van der Waals surface area contributed by atoms with Gasteiger partial charge in [-0.3, -0.25) is 0 Å². The summed E-state index contributed by atoms with van der Waals surface area (Å²) in [6.45, 7) is 0.549. The Kier molecular flexibility index (Phi) is 2.43. The van der Waals surface area contributed by atoms with E-state index in [0.29, 0.717) is 18.3 Å². The molecule has 17 heavy (non-hydrogen) atoms. The third-order valence-corrected chi connectivity index (χ3v) is 3.59. The van der Waals surface area contributed by atoms with Crippen LogP contribution >= 0.6 is 0 Å². The molecule has 5 nitrogen and oxygen atoms in total. The summed E-state index contributed by atoms with van der Waals surface area (Å²) in [6.07, 6.45) is 5.17. The molecule has 0 saturated heterocycles. The maximum absolute atomic E-state index is 9.99. The van der Waals surface area contributed by atoms with E-state index in [9.17, 15) is 5.11 Å². The van der Waals surface area contributed by atoms with E-state index in [2.05, 4.69) is 15.3 Å². The number of aliphatic hydroxyl groups is 1. The normalized spacial score (nSPS) is 21.9. The van der Waals surface area contributed by atoms with Crippen molar-refractivity contribution in [2.24, 2.45) is 0 Å². The zero-order chi connectivity index (χ0) is 11.9. The molecule has 0 spiro atoms. The Morgan fingerprint density at radius 1 is 1.41 bits per heavy atom. The highest BCUT2D eigenvalue weighted by molar-refractivity contribution is 5.45. The summed E-state index contributed by atoms with van der Waals surface area (Å²) in [7, 11) is 0. The Bertz CT molecular complexity index is 427. The molecule has 0 amide bonds. The fourth-order valence-corrected chi connectivity index (χ4v) is 2.12. The average molecular weight is 234 g/mol. The van der Waals surface area contributed by atoms with Gasteiger partial charge in [0.25, 0.3) is 0 Å². The molecule has 1 heterocycles. The van der Waals surface area contributed by atoms with E-state index in [1.807, 2.05) is 0 Å². The van der Waals surface area contributed by atoms with E-state index in [-0.39, 0.29) is 0 Å². The largest absolute Gasteiger partial charge is 0.388 e. The van der Waals surface area contributed by atoms with Crippen LogP contribution in [0.4, 0.5) is 11.6 Å². The van der Waals surface area contributed by atoms with Gasteiger partial charge in [-0.2, -0.15) is 0 Å². The maximum Gasteiger partial charge on any atom is 0.136 e. The van der Waals surface area contributed by atoms with E-state index in [1.165, 1.54) is 0 Å². The molecule has 2 fully saturated rings. The Morgan fingerprint density at radius 2 is 2.18 bits per heavy atom. The maximum atomic E-state index is 9.99. The quantitative estimate of drug-likeness (QED) is 0.730. The second-order valence-corrected chi connectivity index (χ2v) is 5.24. The third-order valence-electron chi connectivity index (χ3n) is 3.59. The summed E-state index contributed by atoms with van der Waals surface area (Å²) in [4.78, 5) is 8.68. The highest BCUT2D eigenvalue weighted by atomic mass is 16.3. The zero-order valence-corrected chi connectivity index (χ0v) is 9.82. The highest BCUT2D eigenvalue weighted by Gasteiger charge is 2.34. The molecule has 1 aromatic heterocycles. The number of aromatic nitrogens is 2. The van der Waals surface area contributed by atoms with Gasteiger partial charge in [-0.1, -0.05) is 0 Å². The van der Waals surface area contributed by atoms with Gasteiger partial charge >= 0.3 is 0 Å². The van der Waals surface area contributed by atoms with Crippen LogP contribution in [0.5, 0.6) is 0 Å². The number of hydrogen-bond donors (Lipinski definition) is 3. The lowest BCUT2D eigenvalue weighted by molar-refractivity contribution is -0.0202. The number of anilines is 2. The van der Waals surface area contributed by atoms with Crippen LogP contribution in [0.25, 0.3) is 0 Å². The van der Waals surface area contributed by atoms with Crippen molar-refractivity contribution in [1.29, 1.82) is 0 Å². The molecule has 1 aromatic rings. The van der Waals surface area contributed by atoms with Gasteiger partial charge in [-0.05, 0) is 32.1 Å². The Morgan fingerprint density at radius 3 is 2.76 bits per heavy atom. The van der Waals surface area contributed by atoms with Crippen molar-refractivity contribution >= 4 is 11.6 Å². The second kappa shape index (κ2) is 3.84. The molecular weight excluding hydrogens is 216 g/mol. The summed E-state index contributed by atoms with van der Waals surface area (Å²) >= 11 is 0. The van der Waals surface area contributed by atoms with Crippen molar-refractivity contribution in [2.45, 2.75) is 43.6 Å². The summed E-state index contributed by atoms with van der Waals surface area (Å²) in [5.74, 6) is 2.57. The molecule has 4 N–H and O–H groups in total. The first kappa shape index (κ1) is 10.8. The van der Waals surface area contributed by atoms with Crippen molar-refractivity contribution in [3.63, 3.8) is 0 Å². The van der Waals surface area contributed by atoms with Gasteiger partial charge in [0.2, 0.25) is 0 Å². The predicted molar refractivity (Wildman–Crippen MR) is 65.7 cm³/mol. The summed E-state index contributed by atoms with van der Waals surface area (Å²) < 4.78 is 0. The van der Waals surface area contributed by atoms with Crippen LogP contribution < -0.4 is 11.1 Å². The van der Waals surface area contributed by atoms with E-state index in [4.69, 9.17) is 5.73 Å². The molecule has 2 saturated carbocycles. The van der Waals surface area contributed by atoms with Crippen molar-refractivity contribution in [2.75, 3.05) is 17.6 Å². The van der Waals surface area contributed by atoms with E-state index >= 15 is 0 Å². The monoisotopic (exact) mass is 234 g/mol. The van der Waals surface area contributed by atoms with Crippen molar-refractivity contribution in [3.05, 3.63) is 11.9 Å². The van der Waals surface area contributed by atoms with Crippen molar-refractivity contribution < 1.29 is 5.11 Å². The van der Waals surface area contributed by atoms with E-state index in [1.54, 1.807) is 6.07 Å². The number of nitrogens with two attached hydrogens (primary N) is 1. The van der Waals surface area contributed by atoms with Crippen LogP contribution in [-0.4, -0.2) is 27.2 Å². The first-order valence-electron chi connectivity index (χ1n) is 6.25. The predicted octanol–water partition coefficient (Wildman–Crippen LogP) is 1.26. The molecule has 2 aliphatic carbocycles.